The van der Waals surface area contributed by atoms with Crippen LogP contribution in [0.4, 0.5) is 0 Å². The predicted octanol–water partition coefficient (Wildman–Crippen LogP) is 2.25. The Kier molecular flexibility index (Phi) is 2.97. The molecule has 82 valence electrons. The lowest BCUT2D eigenvalue weighted by Crippen LogP contribution is -2.03. The molecular weight excluding hydrogens is 202 g/mol. The van der Waals surface area contributed by atoms with Crippen LogP contribution in [0.2, 0.25) is 0 Å². The molecule has 0 unspecified atom stereocenters. The highest BCUT2D eigenvalue weighted by molar-refractivity contribution is 5.80. The molecule has 0 radical (unpaired) electrons. The van der Waals surface area contributed by atoms with E-state index < -0.39 is 6.10 Å². The number of carbonyl (C=O) groups is 1. The van der Waals surface area contributed by atoms with Gasteiger partial charge in [-0.1, -0.05) is 12.1 Å². The number of aliphatic hydroxyl groups is 1. The SMILES string of the molecule is CC(=O)C[C@H](O)c1ccc2ncccc2c1. The minimum Gasteiger partial charge on any atom is -0.388 e. The van der Waals surface area contributed by atoms with Crippen molar-refractivity contribution in [1.29, 1.82) is 0 Å². The first kappa shape index (κ1) is 10.8. The number of hydrogen-bond donors (Lipinski definition) is 1. The van der Waals surface area contributed by atoms with Gasteiger partial charge in [-0.15, -0.1) is 0 Å². The first-order valence-corrected chi connectivity index (χ1v) is 5.19. The Balaban J connectivity index is 2.35. The molecule has 0 saturated carbocycles. The van der Waals surface area contributed by atoms with Crippen LogP contribution >= 0.6 is 0 Å². The standard InChI is InChI=1S/C13H13NO2/c1-9(15)7-13(16)11-4-5-12-10(8-11)3-2-6-14-12/h2-6,8,13,16H,7H2,1H3/t13-/m0/s1. The molecule has 2 aromatic rings. The van der Waals surface area contributed by atoms with Crippen molar-refractivity contribution in [2.75, 3.05) is 0 Å². The molecule has 1 atom stereocenters. The van der Waals surface area contributed by atoms with Crippen LogP contribution in [0.3, 0.4) is 0 Å². The van der Waals surface area contributed by atoms with Gasteiger partial charge in [-0.3, -0.25) is 9.78 Å². The summed E-state index contributed by atoms with van der Waals surface area (Å²) in [5.41, 5.74) is 1.65. The maximum absolute atomic E-state index is 10.9. The Morgan fingerprint density at radius 3 is 3.00 bits per heavy atom. The monoisotopic (exact) mass is 215 g/mol. The summed E-state index contributed by atoms with van der Waals surface area (Å²) in [6, 6.07) is 9.32. The molecule has 0 amide bonds. The quantitative estimate of drug-likeness (QED) is 0.854. The third-order valence-electron chi connectivity index (χ3n) is 2.49. The Labute approximate surface area is 93.7 Å². The molecule has 2 rings (SSSR count). The summed E-state index contributed by atoms with van der Waals surface area (Å²) >= 11 is 0. The predicted molar refractivity (Wildman–Crippen MR) is 62.0 cm³/mol. The number of carbonyl (C=O) groups excluding carboxylic acids is 1. The van der Waals surface area contributed by atoms with Crippen molar-refractivity contribution < 1.29 is 9.90 Å². The van der Waals surface area contributed by atoms with E-state index in [-0.39, 0.29) is 12.2 Å². The molecule has 1 heterocycles. The van der Waals surface area contributed by atoms with Crippen LogP contribution in [0.1, 0.15) is 25.0 Å². The fraction of sp³-hybridized carbons (Fsp3) is 0.231. The second-order valence-corrected chi connectivity index (χ2v) is 3.88. The normalized spacial score (nSPS) is 12.6. The Morgan fingerprint density at radius 2 is 2.25 bits per heavy atom. The second kappa shape index (κ2) is 4.41. The van der Waals surface area contributed by atoms with E-state index in [2.05, 4.69) is 4.98 Å². The molecular formula is C13H13NO2. The maximum atomic E-state index is 10.9. The van der Waals surface area contributed by atoms with E-state index in [4.69, 9.17) is 0 Å². The van der Waals surface area contributed by atoms with Crippen LogP contribution < -0.4 is 0 Å². The zero-order valence-corrected chi connectivity index (χ0v) is 9.05. The van der Waals surface area contributed by atoms with Crippen molar-refractivity contribution in [3.05, 3.63) is 42.1 Å². The second-order valence-electron chi connectivity index (χ2n) is 3.88. The molecule has 1 aromatic heterocycles. The lowest BCUT2D eigenvalue weighted by atomic mass is 10.0. The highest BCUT2D eigenvalue weighted by Gasteiger charge is 2.10. The van der Waals surface area contributed by atoms with Crippen molar-refractivity contribution >= 4 is 16.7 Å². The fourth-order valence-corrected chi connectivity index (χ4v) is 1.69. The number of benzene rings is 1. The average molecular weight is 215 g/mol. The van der Waals surface area contributed by atoms with E-state index in [9.17, 15) is 9.90 Å². The zero-order valence-electron chi connectivity index (χ0n) is 9.05. The molecule has 16 heavy (non-hydrogen) atoms. The molecule has 0 saturated heterocycles. The van der Waals surface area contributed by atoms with Crippen LogP contribution in [0.25, 0.3) is 10.9 Å². The number of fused-ring (bicyclic) bond motifs is 1. The lowest BCUT2D eigenvalue weighted by Gasteiger charge is -2.09. The van der Waals surface area contributed by atoms with Gasteiger partial charge in [0, 0.05) is 18.0 Å². The van der Waals surface area contributed by atoms with Gasteiger partial charge in [-0.05, 0) is 30.7 Å². The summed E-state index contributed by atoms with van der Waals surface area (Å²) in [5, 5.41) is 10.8. The van der Waals surface area contributed by atoms with Crippen LogP contribution in [-0.4, -0.2) is 15.9 Å². The van der Waals surface area contributed by atoms with E-state index in [0.717, 1.165) is 16.5 Å². The molecule has 0 spiro atoms. The molecule has 0 fully saturated rings. The number of ketones is 1. The number of pyridine rings is 1. The topological polar surface area (TPSA) is 50.2 Å². The first-order chi connectivity index (χ1) is 7.66. The van der Waals surface area contributed by atoms with Crippen molar-refractivity contribution in [2.45, 2.75) is 19.4 Å². The number of rotatable bonds is 3. The number of Topliss-reactive ketones (excluding diaryl/α,β-unsaturated/α-hetero) is 1. The van der Waals surface area contributed by atoms with Gasteiger partial charge in [0.25, 0.3) is 0 Å². The first-order valence-electron chi connectivity index (χ1n) is 5.19. The van der Waals surface area contributed by atoms with Gasteiger partial charge in [-0.2, -0.15) is 0 Å². The molecule has 1 N–H and O–H groups in total. The van der Waals surface area contributed by atoms with Crippen molar-refractivity contribution in [3.63, 3.8) is 0 Å². The molecule has 0 bridgehead atoms. The van der Waals surface area contributed by atoms with E-state index in [1.165, 1.54) is 6.92 Å². The highest BCUT2D eigenvalue weighted by Crippen LogP contribution is 2.21. The summed E-state index contributed by atoms with van der Waals surface area (Å²) in [4.78, 5) is 15.1. The minimum atomic E-state index is -0.720. The Bertz CT molecular complexity index is 522. The van der Waals surface area contributed by atoms with E-state index in [0.29, 0.717) is 0 Å². The molecule has 1 aromatic carbocycles. The van der Waals surface area contributed by atoms with Crippen molar-refractivity contribution in [3.8, 4) is 0 Å². The maximum Gasteiger partial charge on any atom is 0.132 e. The van der Waals surface area contributed by atoms with Gasteiger partial charge in [0.1, 0.15) is 5.78 Å². The summed E-state index contributed by atoms with van der Waals surface area (Å²) in [5.74, 6) is -0.0150. The Morgan fingerprint density at radius 1 is 1.44 bits per heavy atom. The molecule has 0 aliphatic carbocycles. The number of nitrogens with zero attached hydrogens (tertiary/aromatic N) is 1. The fourth-order valence-electron chi connectivity index (χ4n) is 1.69. The zero-order chi connectivity index (χ0) is 11.5. The van der Waals surface area contributed by atoms with Gasteiger partial charge < -0.3 is 5.11 Å². The Hall–Kier alpha value is -1.74. The molecule has 3 heteroatoms. The third-order valence-corrected chi connectivity index (χ3v) is 2.49. The molecule has 0 aliphatic heterocycles. The summed E-state index contributed by atoms with van der Waals surface area (Å²) in [6.45, 7) is 1.48. The molecule has 0 aliphatic rings. The van der Waals surface area contributed by atoms with Crippen molar-refractivity contribution in [2.24, 2.45) is 0 Å². The number of aromatic nitrogens is 1. The van der Waals surface area contributed by atoms with Crippen LogP contribution in [0.5, 0.6) is 0 Å². The van der Waals surface area contributed by atoms with Gasteiger partial charge >= 0.3 is 0 Å². The van der Waals surface area contributed by atoms with Gasteiger partial charge in [0.05, 0.1) is 11.6 Å². The number of aliphatic hydroxyl groups excluding tert-OH is 1. The smallest absolute Gasteiger partial charge is 0.132 e. The van der Waals surface area contributed by atoms with E-state index in [1.54, 1.807) is 6.20 Å². The van der Waals surface area contributed by atoms with Gasteiger partial charge in [0.15, 0.2) is 0 Å². The highest BCUT2D eigenvalue weighted by atomic mass is 16.3. The number of hydrogen-bond acceptors (Lipinski definition) is 3. The lowest BCUT2D eigenvalue weighted by molar-refractivity contribution is -0.118. The van der Waals surface area contributed by atoms with Crippen LogP contribution in [0.15, 0.2) is 36.5 Å². The third kappa shape index (κ3) is 2.25. The minimum absolute atomic E-state index is 0.0150. The van der Waals surface area contributed by atoms with E-state index >= 15 is 0 Å². The van der Waals surface area contributed by atoms with Crippen LogP contribution in [-0.2, 0) is 4.79 Å². The molecule has 3 nitrogen and oxygen atoms in total. The largest absolute Gasteiger partial charge is 0.388 e. The summed E-state index contributed by atoms with van der Waals surface area (Å²) in [6.07, 6.45) is 1.17. The average Bonchev–Trinajstić information content (AvgIpc) is 2.27. The van der Waals surface area contributed by atoms with Crippen LogP contribution in [0, 0.1) is 0 Å². The van der Waals surface area contributed by atoms with Gasteiger partial charge in [0.2, 0.25) is 0 Å². The van der Waals surface area contributed by atoms with E-state index in [1.807, 2.05) is 30.3 Å². The summed E-state index contributed by atoms with van der Waals surface area (Å²) < 4.78 is 0. The summed E-state index contributed by atoms with van der Waals surface area (Å²) in [7, 11) is 0. The van der Waals surface area contributed by atoms with Gasteiger partial charge in [-0.25, -0.2) is 0 Å². The van der Waals surface area contributed by atoms with Crippen molar-refractivity contribution in [1.82, 2.24) is 4.98 Å².